The summed E-state index contributed by atoms with van der Waals surface area (Å²) in [5.74, 6) is -1.68. The number of H-pyrrole nitrogens is 1. The number of nitrogens with two attached hydrogens (primary N) is 1. The van der Waals surface area contributed by atoms with Crippen LogP contribution in [0.3, 0.4) is 0 Å². The van der Waals surface area contributed by atoms with Gasteiger partial charge in [-0.25, -0.2) is 28.0 Å². The second kappa shape index (κ2) is 15.8. The van der Waals surface area contributed by atoms with Gasteiger partial charge < -0.3 is 15.5 Å². The number of imidazole rings is 1. The summed E-state index contributed by atoms with van der Waals surface area (Å²) in [6.07, 6.45) is 3.28. The van der Waals surface area contributed by atoms with E-state index in [-0.39, 0.29) is 41.7 Å². The van der Waals surface area contributed by atoms with Gasteiger partial charge in [0.2, 0.25) is 16.8 Å². The number of imide groups is 1. The number of hydrogen-bond acceptors (Lipinski definition) is 12. The predicted octanol–water partition coefficient (Wildman–Crippen LogP) is 1.06. The Hall–Kier alpha value is -6.97. The average molecular weight is 822 g/mol. The van der Waals surface area contributed by atoms with Gasteiger partial charge in [0.15, 0.2) is 0 Å². The minimum absolute atomic E-state index is 0.0222. The van der Waals surface area contributed by atoms with Gasteiger partial charge in [-0.05, 0) is 61.0 Å². The Labute approximate surface area is 336 Å². The van der Waals surface area contributed by atoms with Crippen LogP contribution in [0, 0.1) is 0 Å². The molecule has 4 amide bonds. The van der Waals surface area contributed by atoms with E-state index in [9.17, 15) is 32.4 Å². The van der Waals surface area contributed by atoms with Crippen LogP contribution in [-0.4, -0.2) is 115 Å². The molecular weight excluding hydrogens is 783 g/mol. The van der Waals surface area contributed by atoms with Crippen LogP contribution < -0.4 is 26.8 Å². The van der Waals surface area contributed by atoms with Crippen molar-refractivity contribution >= 4 is 56.1 Å². The lowest BCUT2D eigenvalue weighted by molar-refractivity contribution is -0.135. The van der Waals surface area contributed by atoms with Crippen LogP contribution >= 0.6 is 0 Å². The molecule has 1 unspecified atom stereocenters. The van der Waals surface area contributed by atoms with E-state index in [0.29, 0.717) is 72.9 Å². The molecule has 0 radical (unpaired) electrons. The number of nitrogens with zero attached hydrogens (tertiary/aromatic N) is 8. The number of benzene rings is 2. The number of pyridine rings is 1. The number of carbonyl (C=O) groups excluding carboxylic acids is 4. The molecule has 20 nitrogen and oxygen atoms in total. The number of fused-ring (bicyclic) bond motifs is 1. The second-order valence-corrected chi connectivity index (χ2v) is 15.6. The summed E-state index contributed by atoms with van der Waals surface area (Å²) in [5, 5.41) is 24.0. The van der Waals surface area contributed by atoms with E-state index >= 15 is 0 Å². The fraction of sp³-hybridized carbons (Fsp3) is 0.263. The zero-order valence-electron chi connectivity index (χ0n) is 31.7. The number of primary sulfonamides is 1. The van der Waals surface area contributed by atoms with Crippen LogP contribution in [-0.2, 0) is 26.7 Å². The van der Waals surface area contributed by atoms with Gasteiger partial charge in [-0.2, -0.15) is 10.2 Å². The van der Waals surface area contributed by atoms with Crippen molar-refractivity contribution in [2.45, 2.75) is 23.9 Å². The monoisotopic (exact) mass is 821 g/mol. The van der Waals surface area contributed by atoms with Crippen LogP contribution in [0.1, 0.15) is 39.7 Å². The van der Waals surface area contributed by atoms with Crippen LogP contribution in [0.5, 0.6) is 0 Å². The molecule has 6 heterocycles. The maximum Gasteiger partial charge on any atom is 0.329 e. The molecule has 0 saturated carbocycles. The number of aryl methyl sites for hydroxylation is 1. The van der Waals surface area contributed by atoms with E-state index in [2.05, 4.69) is 41.1 Å². The first-order valence-electron chi connectivity index (χ1n) is 18.7. The number of rotatable bonds is 11. The fourth-order valence-corrected chi connectivity index (χ4v) is 7.97. The van der Waals surface area contributed by atoms with Crippen molar-refractivity contribution in [1.82, 2.24) is 49.2 Å². The Morgan fingerprint density at radius 1 is 0.949 bits per heavy atom. The lowest BCUT2D eigenvalue weighted by Crippen LogP contribution is -2.49. The standard InChI is InChI=1S/C38H39N13O7S/c1-47-33-27(5-3-7-30(33)51(38(47)56)31-12-13-32(52)44-35(31)54)40-16-17-48-18-20-49(21-19-48)37(55)23-8-10-24(11-9-23)50-22-29(36(46-50)59(39,57)58)43-34(53)28-6-2-4-25(42-28)26-14-15-41-45-26/h2-11,14-15,22,31,40H,12-13,16-21H2,1H3,(H,41,45)(H,43,53)(H2,39,57,58)(H,44,52,54). The smallest absolute Gasteiger partial charge is 0.329 e. The van der Waals surface area contributed by atoms with Gasteiger partial charge in [0.25, 0.3) is 21.8 Å². The maximum atomic E-state index is 13.5. The molecule has 1 atom stereocenters. The molecule has 0 aliphatic carbocycles. The van der Waals surface area contributed by atoms with Gasteiger partial charge in [0.1, 0.15) is 17.4 Å². The molecule has 304 valence electrons. The summed E-state index contributed by atoms with van der Waals surface area (Å²) in [5.41, 5.74) is 3.46. The fourth-order valence-electron chi connectivity index (χ4n) is 7.36. The third kappa shape index (κ3) is 7.85. The highest BCUT2D eigenvalue weighted by atomic mass is 32.2. The number of sulfonamides is 1. The molecule has 2 aromatic carbocycles. The van der Waals surface area contributed by atoms with Gasteiger partial charge in [-0.1, -0.05) is 12.1 Å². The summed E-state index contributed by atoms with van der Waals surface area (Å²) in [7, 11) is -2.70. The van der Waals surface area contributed by atoms with E-state index in [1.165, 1.54) is 26.1 Å². The van der Waals surface area contributed by atoms with Gasteiger partial charge in [0.05, 0.1) is 40.0 Å². The lowest BCUT2D eigenvalue weighted by atomic mass is 10.1. The Bertz CT molecular complexity index is 2770. The number of amides is 4. The first kappa shape index (κ1) is 38.9. The molecule has 2 saturated heterocycles. The van der Waals surface area contributed by atoms with Gasteiger partial charge >= 0.3 is 5.69 Å². The number of hydrogen-bond donors (Lipinski definition) is 5. The molecule has 0 bridgehead atoms. The number of aromatic nitrogens is 7. The number of piperidine rings is 1. The minimum Gasteiger partial charge on any atom is -0.382 e. The van der Waals surface area contributed by atoms with E-state index in [4.69, 9.17) is 5.14 Å². The summed E-state index contributed by atoms with van der Waals surface area (Å²) >= 11 is 0. The van der Waals surface area contributed by atoms with Crippen molar-refractivity contribution in [3.05, 3.63) is 101 Å². The molecule has 6 aromatic rings. The van der Waals surface area contributed by atoms with Crippen molar-refractivity contribution < 1.29 is 27.6 Å². The first-order valence-corrected chi connectivity index (χ1v) is 20.2. The highest BCUT2D eigenvalue weighted by Crippen LogP contribution is 2.28. The summed E-state index contributed by atoms with van der Waals surface area (Å²) in [4.78, 5) is 72.5. The van der Waals surface area contributed by atoms with Crippen LogP contribution in [0.15, 0.2) is 88.9 Å². The molecule has 2 fully saturated rings. The summed E-state index contributed by atoms with van der Waals surface area (Å²) in [6, 6.07) is 17.7. The largest absolute Gasteiger partial charge is 0.382 e. The molecule has 6 N–H and O–H groups in total. The quantitative estimate of drug-likeness (QED) is 0.115. The average Bonchev–Trinajstić information content (AvgIpc) is 3.98. The number of anilines is 2. The predicted molar refractivity (Wildman–Crippen MR) is 214 cm³/mol. The van der Waals surface area contributed by atoms with E-state index in [1.54, 1.807) is 66.7 Å². The molecule has 8 rings (SSSR count). The zero-order chi connectivity index (χ0) is 41.4. The molecule has 2 aliphatic heterocycles. The number of carbonyl (C=O) groups is 4. The summed E-state index contributed by atoms with van der Waals surface area (Å²) < 4.78 is 29.1. The van der Waals surface area contributed by atoms with Crippen molar-refractivity contribution in [2.24, 2.45) is 12.2 Å². The van der Waals surface area contributed by atoms with Gasteiger partial charge in [-0.15, -0.1) is 0 Å². The topological polar surface area (TPSA) is 257 Å². The number of nitrogens with one attached hydrogen (secondary N) is 4. The second-order valence-electron chi connectivity index (χ2n) is 14.1. The Kier molecular flexibility index (Phi) is 10.4. The van der Waals surface area contributed by atoms with E-state index < -0.39 is 32.9 Å². The van der Waals surface area contributed by atoms with Crippen molar-refractivity contribution in [3.63, 3.8) is 0 Å². The van der Waals surface area contributed by atoms with E-state index in [0.717, 1.165) is 5.69 Å². The lowest BCUT2D eigenvalue weighted by Gasteiger charge is -2.34. The third-order valence-electron chi connectivity index (χ3n) is 10.4. The molecule has 0 spiro atoms. The van der Waals surface area contributed by atoms with Gasteiger partial charge in [-0.3, -0.25) is 43.6 Å². The van der Waals surface area contributed by atoms with Crippen molar-refractivity contribution in [3.8, 4) is 17.1 Å². The Morgan fingerprint density at radius 3 is 2.42 bits per heavy atom. The number of aromatic amines is 1. The maximum absolute atomic E-state index is 13.5. The van der Waals surface area contributed by atoms with Crippen molar-refractivity contribution in [2.75, 3.05) is 49.9 Å². The van der Waals surface area contributed by atoms with Gasteiger partial charge in [0, 0.05) is 64.5 Å². The first-order chi connectivity index (χ1) is 28.4. The minimum atomic E-state index is -4.35. The third-order valence-corrected chi connectivity index (χ3v) is 11.2. The molecule has 59 heavy (non-hydrogen) atoms. The molecule has 21 heteroatoms. The summed E-state index contributed by atoms with van der Waals surface area (Å²) in [6.45, 7) is 3.52. The van der Waals surface area contributed by atoms with Crippen LogP contribution in [0.25, 0.3) is 28.1 Å². The highest BCUT2D eigenvalue weighted by molar-refractivity contribution is 7.89. The zero-order valence-corrected chi connectivity index (χ0v) is 32.5. The van der Waals surface area contributed by atoms with E-state index in [1.807, 2.05) is 12.1 Å². The molecular formula is C38H39N13O7S. The highest BCUT2D eigenvalue weighted by Gasteiger charge is 2.32. The molecule has 4 aromatic heterocycles. The Morgan fingerprint density at radius 2 is 1.71 bits per heavy atom. The number of piperazine rings is 1. The molecule has 2 aliphatic rings. The van der Waals surface area contributed by atoms with Crippen LogP contribution in [0.4, 0.5) is 11.4 Å². The number of para-hydroxylation sites is 1. The van der Waals surface area contributed by atoms with Crippen molar-refractivity contribution in [1.29, 1.82) is 0 Å². The van der Waals surface area contributed by atoms with Crippen LogP contribution in [0.2, 0.25) is 0 Å². The normalized spacial score (nSPS) is 16.3. The Balaban J connectivity index is 0.873. The SMILES string of the molecule is Cn1c(=O)n(C2CCC(=O)NC2=O)c2cccc(NCCN3CCN(C(=O)c4ccc(-n5cc(NC(=O)c6cccc(-c7ccn[nH]7)n6)c(S(N)(=O)=O)n5)cc4)CC3)c21.